The van der Waals surface area contributed by atoms with Crippen LogP contribution < -0.4 is 0 Å². The van der Waals surface area contributed by atoms with Crippen LogP contribution >= 0.6 is 11.6 Å². The van der Waals surface area contributed by atoms with E-state index in [9.17, 15) is 4.79 Å². The smallest absolute Gasteiger partial charge is 0.144 e. The summed E-state index contributed by atoms with van der Waals surface area (Å²) in [7, 11) is 0. The van der Waals surface area contributed by atoms with Crippen molar-refractivity contribution >= 4 is 33.7 Å². The molecular formula is C13H9ClO. The Morgan fingerprint density at radius 2 is 1.80 bits per heavy atom. The number of aldehydes is 1. The molecule has 0 N–H and O–H groups in total. The van der Waals surface area contributed by atoms with Crippen LogP contribution in [0.2, 0.25) is 0 Å². The van der Waals surface area contributed by atoms with E-state index in [-0.39, 0.29) is 0 Å². The fourth-order valence-corrected chi connectivity index (χ4v) is 1.80. The van der Waals surface area contributed by atoms with Crippen molar-refractivity contribution in [3.63, 3.8) is 0 Å². The third kappa shape index (κ3) is 1.92. The fraction of sp³-hybridized carbons (Fsp3) is 0. The summed E-state index contributed by atoms with van der Waals surface area (Å²) in [4.78, 5) is 10.4. The number of hydrogen-bond donors (Lipinski definition) is 0. The number of rotatable bonds is 2. The second kappa shape index (κ2) is 4.28. The van der Waals surface area contributed by atoms with Crippen LogP contribution in [0.15, 0.2) is 48.5 Å². The average molecular weight is 217 g/mol. The van der Waals surface area contributed by atoms with Crippen LogP contribution in [-0.2, 0) is 4.79 Å². The minimum Gasteiger partial charge on any atom is -0.299 e. The van der Waals surface area contributed by atoms with Crippen molar-refractivity contribution in [1.29, 1.82) is 0 Å². The number of benzene rings is 2. The zero-order chi connectivity index (χ0) is 10.7. The van der Waals surface area contributed by atoms with E-state index in [0.29, 0.717) is 11.3 Å². The van der Waals surface area contributed by atoms with E-state index in [0.717, 1.165) is 16.3 Å². The summed E-state index contributed by atoms with van der Waals surface area (Å²) in [6.45, 7) is 0. The molecule has 0 heterocycles. The summed E-state index contributed by atoms with van der Waals surface area (Å²) in [6.07, 6.45) is 2.06. The van der Waals surface area contributed by atoms with Gasteiger partial charge in [-0.15, -0.1) is 0 Å². The minimum absolute atomic E-state index is 0.474. The Kier molecular flexibility index (Phi) is 2.84. The summed E-state index contributed by atoms with van der Waals surface area (Å²) >= 11 is 6.02. The Morgan fingerprint density at radius 1 is 1.07 bits per heavy atom. The van der Waals surface area contributed by atoms with Crippen LogP contribution in [0.25, 0.3) is 15.8 Å². The predicted octanol–water partition coefficient (Wildman–Crippen LogP) is 3.62. The quantitative estimate of drug-likeness (QED) is 0.554. The van der Waals surface area contributed by atoms with Crippen LogP contribution in [0.5, 0.6) is 0 Å². The first-order valence-electron chi connectivity index (χ1n) is 4.62. The second-order valence-electron chi connectivity index (χ2n) is 3.18. The van der Waals surface area contributed by atoms with E-state index in [1.165, 1.54) is 6.08 Å². The Labute approximate surface area is 93.0 Å². The van der Waals surface area contributed by atoms with Gasteiger partial charge in [-0.05, 0) is 16.8 Å². The van der Waals surface area contributed by atoms with Crippen LogP contribution in [0.1, 0.15) is 5.56 Å². The summed E-state index contributed by atoms with van der Waals surface area (Å²) in [6, 6.07) is 13.8. The Bertz CT molecular complexity index is 524. The van der Waals surface area contributed by atoms with Crippen LogP contribution in [-0.4, -0.2) is 6.29 Å². The summed E-state index contributed by atoms with van der Waals surface area (Å²) in [5, 5.41) is 2.65. The van der Waals surface area contributed by atoms with Gasteiger partial charge in [-0.25, -0.2) is 0 Å². The van der Waals surface area contributed by atoms with Crippen LogP contribution in [0.3, 0.4) is 0 Å². The lowest BCUT2D eigenvalue weighted by Crippen LogP contribution is -1.81. The third-order valence-corrected chi connectivity index (χ3v) is 2.59. The molecule has 0 aliphatic rings. The molecule has 0 aliphatic carbocycles. The Balaban J connectivity index is 2.71. The van der Waals surface area contributed by atoms with Gasteiger partial charge in [-0.3, -0.25) is 4.79 Å². The van der Waals surface area contributed by atoms with E-state index in [1.54, 1.807) is 0 Å². The van der Waals surface area contributed by atoms with Gasteiger partial charge in [-0.2, -0.15) is 0 Å². The van der Waals surface area contributed by atoms with Gasteiger partial charge in [0.15, 0.2) is 0 Å². The second-order valence-corrected chi connectivity index (χ2v) is 3.58. The highest BCUT2D eigenvalue weighted by atomic mass is 35.5. The van der Waals surface area contributed by atoms with E-state index in [1.807, 2.05) is 42.5 Å². The van der Waals surface area contributed by atoms with Crippen LogP contribution in [0.4, 0.5) is 0 Å². The third-order valence-electron chi connectivity index (χ3n) is 2.26. The molecule has 15 heavy (non-hydrogen) atoms. The molecule has 0 aliphatic heterocycles. The molecule has 0 aromatic heterocycles. The summed E-state index contributed by atoms with van der Waals surface area (Å²) in [5.74, 6) is 0. The van der Waals surface area contributed by atoms with Gasteiger partial charge in [0.2, 0.25) is 0 Å². The van der Waals surface area contributed by atoms with E-state index < -0.39 is 0 Å². The first-order valence-corrected chi connectivity index (χ1v) is 5.00. The molecule has 0 fully saturated rings. The van der Waals surface area contributed by atoms with E-state index >= 15 is 0 Å². The lowest BCUT2D eigenvalue weighted by molar-refractivity contribution is -0.104. The van der Waals surface area contributed by atoms with Crippen molar-refractivity contribution in [2.45, 2.75) is 0 Å². The van der Waals surface area contributed by atoms with Gasteiger partial charge in [0.25, 0.3) is 0 Å². The summed E-state index contributed by atoms with van der Waals surface area (Å²) in [5.41, 5.74) is 0.891. The topological polar surface area (TPSA) is 17.1 Å². The van der Waals surface area contributed by atoms with E-state index in [4.69, 9.17) is 11.6 Å². The van der Waals surface area contributed by atoms with Crippen LogP contribution in [0, 0.1) is 0 Å². The molecule has 1 nitrogen and oxygen atoms in total. The maximum absolute atomic E-state index is 10.4. The van der Waals surface area contributed by atoms with Gasteiger partial charge in [0.05, 0.1) is 5.03 Å². The average Bonchev–Trinajstić information content (AvgIpc) is 2.28. The molecule has 2 aromatic carbocycles. The van der Waals surface area contributed by atoms with Gasteiger partial charge >= 0.3 is 0 Å². The van der Waals surface area contributed by atoms with Gasteiger partial charge in [0.1, 0.15) is 6.29 Å². The molecule has 0 saturated heterocycles. The molecule has 0 saturated carbocycles. The minimum atomic E-state index is 0.474. The van der Waals surface area contributed by atoms with Crippen molar-refractivity contribution in [1.82, 2.24) is 0 Å². The molecule has 0 unspecified atom stereocenters. The lowest BCUT2D eigenvalue weighted by atomic mass is 10.0. The lowest BCUT2D eigenvalue weighted by Gasteiger charge is -2.04. The number of carbonyl (C=O) groups excluding carboxylic acids is 1. The summed E-state index contributed by atoms with van der Waals surface area (Å²) < 4.78 is 0. The Morgan fingerprint density at radius 3 is 2.60 bits per heavy atom. The standard InChI is InChI=1S/C13H9ClO/c14-13(8-9-15)12-7-3-5-10-4-1-2-6-11(10)12/h1-9H/b13-8-. The molecule has 2 aromatic rings. The molecule has 0 radical (unpaired) electrons. The molecule has 0 spiro atoms. The SMILES string of the molecule is O=C/C=C(\Cl)c1cccc2ccccc12. The largest absolute Gasteiger partial charge is 0.299 e. The maximum Gasteiger partial charge on any atom is 0.144 e. The fourth-order valence-electron chi connectivity index (χ4n) is 1.58. The number of hydrogen-bond acceptors (Lipinski definition) is 1. The zero-order valence-corrected chi connectivity index (χ0v) is 8.74. The van der Waals surface area contributed by atoms with Crippen molar-refractivity contribution in [2.24, 2.45) is 0 Å². The van der Waals surface area contributed by atoms with Crippen molar-refractivity contribution in [3.8, 4) is 0 Å². The van der Waals surface area contributed by atoms with Crippen molar-refractivity contribution in [3.05, 3.63) is 54.1 Å². The monoisotopic (exact) mass is 216 g/mol. The highest BCUT2D eigenvalue weighted by Crippen LogP contribution is 2.26. The maximum atomic E-state index is 10.4. The van der Waals surface area contributed by atoms with Gasteiger partial charge in [-0.1, -0.05) is 54.1 Å². The van der Waals surface area contributed by atoms with E-state index in [2.05, 4.69) is 0 Å². The first-order chi connectivity index (χ1) is 7.33. The normalized spacial score (nSPS) is 11.7. The molecule has 2 heteroatoms. The number of fused-ring (bicyclic) bond motifs is 1. The van der Waals surface area contributed by atoms with Gasteiger partial charge in [0, 0.05) is 5.56 Å². The zero-order valence-electron chi connectivity index (χ0n) is 7.98. The molecule has 0 bridgehead atoms. The molecular weight excluding hydrogens is 208 g/mol. The molecule has 0 amide bonds. The van der Waals surface area contributed by atoms with Crippen molar-refractivity contribution < 1.29 is 4.79 Å². The number of halogens is 1. The van der Waals surface area contributed by atoms with Crippen molar-refractivity contribution in [2.75, 3.05) is 0 Å². The first kappa shape index (κ1) is 9.94. The molecule has 2 rings (SSSR count). The molecule has 74 valence electrons. The van der Waals surface area contributed by atoms with Gasteiger partial charge < -0.3 is 0 Å². The highest BCUT2D eigenvalue weighted by Gasteiger charge is 2.02. The predicted molar refractivity (Wildman–Crippen MR) is 63.8 cm³/mol. The highest BCUT2D eigenvalue weighted by molar-refractivity contribution is 6.50. The number of allylic oxidation sites excluding steroid dienone is 1. The number of carbonyl (C=O) groups is 1. The Hall–Kier alpha value is -1.60. The molecule has 0 atom stereocenters.